The van der Waals surface area contributed by atoms with Crippen molar-refractivity contribution in [2.24, 2.45) is 5.10 Å². The maximum absolute atomic E-state index is 13.0. The molecular formula is C26H22N6O5. The normalized spacial score (nSPS) is 10.8. The van der Waals surface area contributed by atoms with Crippen molar-refractivity contribution < 1.29 is 19.2 Å². The fourth-order valence-electron chi connectivity index (χ4n) is 3.45. The van der Waals surface area contributed by atoms with Crippen molar-refractivity contribution in [1.29, 1.82) is 0 Å². The fraction of sp³-hybridized carbons (Fsp3) is 0.0769. The van der Waals surface area contributed by atoms with Crippen LogP contribution in [0.1, 0.15) is 21.6 Å². The number of nitro benzene ring substituents is 1. The first kappa shape index (κ1) is 24.8. The number of non-ortho nitro benzene ring substituents is 1. The third-order valence-corrected chi connectivity index (χ3v) is 5.25. The molecule has 11 nitrogen and oxygen atoms in total. The predicted molar refractivity (Wildman–Crippen MR) is 136 cm³/mol. The quantitative estimate of drug-likeness (QED) is 0.157. The number of imidazole rings is 1. The van der Waals surface area contributed by atoms with E-state index in [-0.39, 0.29) is 29.5 Å². The van der Waals surface area contributed by atoms with Crippen molar-refractivity contribution in [3.05, 3.63) is 118 Å². The van der Waals surface area contributed by atoms with Gasteiger partial charge in [-0.15, -0.1) is 0 Å². The molecular weight excluding hydrogens is 476 g/mol. The second-order valence-corrected chi connectivity index (χ2v) is 7.86. The van der Waals surface area contributed by atoms with E-state index in [0.717, 1.165) is 22.4 Å². The summed E-state index contributed by atoms with van der Waals surface area (Å²) in [7, 11) is 0. The molecule has 0 atom stereocenters. The standard InChI is InChI=1S/C26H22N6O5/c27-25-24(30(18-28-25)16-19-7-3-1-4-8-19)23(33)15-29-31(17-20-9-5-2-6-10-20)26(34)37-22-13-11-21(12-14-22)32(35)36/h1-15,18H,16-17,27H2/b29-15+. The fourth-order valence-corrected chi connectivity index (χ4v) is 3.45. The van der Waals surface area contributed by atoms with Gasteiger partial charge in [0.05, 0.1) is 24.0 Å². The van der Waals surface area contributed by atoms with E-state index < -0.39 is 16.8 Å². The van der Waals surface area contributed by atoms with Crippen LogP contribution in [0.5, 0.6) is 5.75 Å². The summed E-state index contributed by atoms with van der Waals surface area (Å²) in [6, 6.07) is 23.5. The topological polar surface area (TPSA) is 146 Å². The van der Waals surface area contributed by atoms with Gasteiger partial charge in [0.15, 0.2) is 5.82 Å². The smallest absolute Gasteiger partial charge is 0.409 e. The number of hydrogen-bond donors (Lipinski definition) is 1. The SMILES string of the molecule is Nc1ncn(Cc2ccccc2)c1C(=O)/C=N/N(Cc1ccccc1)C(=O)Oc1ccc([N+](=O)[O-])cc1. The monoisotopic (exact) mass is 498 g/mol. The molecule has 0 radical (unpaired) electrons. The van der Waals surface area contributed by atoms with Crippen LogP contribution in [0.3, 0.4) is 0 Å². The number of anilines is 1. The number of ether oxygens (including phenoxy) is 1. The third kappa shape index (κ3) is 6.42. The van der Waals surface area contributed by atoms with Crippen LogP contribution in [-0.4, -0.2) is 37.6 Å². The maximum atomic E-state index is 13.0. The summed E-state index contributed by atoms with van der Waals surface area (Å²) >= 11 is 0. The van der Waals surface area contributed by atoms with Crippen molar-refractivity contribution >= 4 is 29.6 Å². The van der Waals surface area contributed by atoms with Gasteiger partial charge < -0.3 is 15.0 Å². The van der Waals surface area contributed by atoms with Gasteiger partial charge in [-0.1, -0.05) is 60.7 Å². The Bertz CT molecular complexity index is 1420. The van der Waals surface area contributed by atoms with Gasteiger partial charge in [-0.25, -0.2) is 9.78 Å². The number of Topliss-reactive ketones (excluding diaryl/α,β-unsaturated/α-hetero) is 1. The summed E-state index contributed by atoms with van der Waals surface area (Å²) in [6.45, 7) is 0.380. The molecule has 186 valence electrons. The zero-order valence-corrected chi connectivity index (χ0v) is 19.5. The number of hydrazone groups is 1. The Morgan fingerprint density at radius 2 is 1.62 bits per heavy atom. The van der Waals surface area contributed by atoms with E-state index in [1.165, 1.54) is 30.6 Å². The molecule has 1 heterocycles. The molecule has 0 unspecified atom stereocenters. The second kappa shape index (κ2) is 11.4. The number of hydrogen-bond acceptors (Lipinski definition) is 8. The number of rotatable bonds is 9. The van der Waals surface area contributed by atoms with Crippen LogP contribution in [0, 0.1) is 10.1 Å². The highest BCUT2D eigenvalue weighted by Gasteiger charge is 2.20. The molecule has 0 aliphatic heterocycles. The summed E-state index contributed by atoms with van der Waals surface area (Å²) in [5.74, 6) is -0.428. The number of amides is 1. The minimum absolute atomic E-state index is 0.00912. The number of benzene rings is 3. The lowest BCUT2D eigenvalue weighted by Crippen LogP contribution is -2.29. The Morgan fingerprint density at radius 1 is 1.00 bits per heavy atom. The minimum atomic E-state index is -0.882. The molecule has 0 bridgehead atoms. The number of carbonyl (C=O) groups excluding carboxylic acids is 2. The number of nitro groups is 1. The summed E-state index contributed by atoms with van der Waals surface area (Å²) in [6.07, 6.45) is 1.57. The van der Waals surface area contributed by atoms with Gasteiger partial charge in [0, 0.05) is 18.7 Å². The summed E-state index contributed by atoms with van der Waals surface area (Å²) < 4.78 is 6.94. The molecule has 4 rings (SSSR count). The van der Waals surface area contributed by atoms with Crippen LogP contribution < -0.4 is 10.5 Å². The molecule has 0 fully saturated rings. The second-order valence-electron chi connectivity index (χ2n) is 7.86. The van der Waals surface area contributed by atoms with E-state index in [1.54, 1.807) is 28.8 Å². The molecule has 4 aromatic rings. The molecule has 1 aromatic heterocycles. The van der Waals surface area contributed by atoms with Crippen LogP contribution >= 0.6 is 0 Å². The van der Waals surface area contributed by atoms with Gasteiger partial charge >= 0.3 is 6.09 Å². The third-order valence-electron chi connectivity index (χ3n) is 5.25. The van der Waals surface area contributed by atoms with Gasteiger partial charge in [0.2, 0.25) is 5.78 Å². The number of aromatic nitrogens is 2. The molecule has 3 aromatic carbocycles. The van der Waals surface area contributed by atoms with E-state index in [2.05, 4.69) is 10.1 Å². The first-order valence-corrected chi connectivity index (χ1v) is 11.1. The van der Waals surface area contributed by atoms with Gasteiger partial charge in [-0.2, -0.15) is 10.1 Å². The highest BCUT2D eigenvalue weighted by Crippen LogP contribution is 2.19. The number of carbonyl (C=O) groups is 2. The van der Waals surface area contributed by atoms with Gasteiger partial charge in [-0.05, 0) is 23.3 Å². The van der Waals surface area contributed by atoms with E-state index in [9.17, 15) is 19.7 Å². The molecule has 0 saturated heterocycles. The van der Waals surface area contributed by atoms with Crippen LogP contribution in [0.25, 0.3) is 0 Å². The minimum Gasteiger partial charge on any atom is -0.409 e. The van der Waals surface area contributed by atoms with E-state index in [0.29, 0.717) is 6.54 Å². The Balaban J connectivity index is 1.55. The van der Waals surface area contributed by atoms with Crippen molar-refractivity contribution in [2.45, 2.75) is 13.1 Å². The average Bonchev–Trinajstić information content (AvgIpc) is 3.27. The Morgan fingerprint density at radius 3 is 2.24 bits per heavy atom. The lowest BCUT2D eigenvalue weighted by molar-refractivity contribution is -0.384. The molecule has 0 spiro atoms. The molecule has 11 heteroatoms. The average molecular weight is 498 g/mol. The lowest BCUT2D eigenvalue weighted by Gasteiger charge is -2.17. The molecule has 0 aliphatic carbocycles. The highest BCUT2D eigenvalue weighted by atomic mass is 16.6. The van der Waals surface area contributed by atoms with Crippen LogP contribution in [0.2, 0.25) is 0 Å². The Hall–Kier alpha value is -5.32. The zero-order valence-electron chi connectivity index (χ0n) is 19.5. The Kier molecular flexibility index (Phi) is 7.64. The summed E-state index contributed by atoms with van der Waals surface area (Å²) in [5, 5.41) is 15.9. The van der Waals surface area contributed by atoms with E-state index >= 15 is 0 Å². The highest BCUT2D eigenvalue weighted by molar-refractivity contribution is 6.36. The first-order valence-electron chi connectivity index (χ1n) is 11.1. The van der Waals surface area contributed by atoms with Crippen molar-refractivity contribution in [2.75, 3.05) is 5.73 Å². The predicted octanol–water partition coefficient (Wildman–Crippen LogP) is 4.29. The molecule has 0 aliphatic rings. The van der Waals surface area contributed by atoms with Crippen molar-refractivity contribution in [3.8, 4) is 5.75 Å². The van der Waals surface area contributed by atoms with Crippen LogP contribution in [0.15, 0.2) is 96.4 Å². The van der Waals surface area contributed by atoms with Gasteiger partial charge in [0.25, 0.3) is 5.69 Å². The van der Waals surface area contributed by atoms with E-state index in [4.69, 9.17) is 10.5 Å². The Labute approximate surface area is 211 Å². The van der Waals surface area contributed by atoms with Crippen molar-refractivity contribution in [3.63, 3.8) is 0 Å². The molecule has 37 heavy (non-hydrogen) atoms. The maximum Gasteiger partial charge on any atom is 0.436 e. The van der Waals surface area contributed by atoms with Crippen molar-refractivity contribution in [1.82, 2.24) is 14.6 Å². The number of nitrogen functional groups attached to an aromatic ring is 1. The first-order chi connectivity index (χ1) is 17.9. The molecule has 0 saturated carbocycles. The number of nitrogens with two attached hydrogens (primary N) is 1. The largest absolute Gasteiger partial charge is 0.436 e. The van der Waals surface area contributed by atoms with Crippen LogP contribution in [0.4, 0.5) is 16.3 Å². The van der Waals surface area contributed by atoms with Gasteiger partial charge in [-0.3, -0.25) is 14.9 Å². The van der Waals surface area contributed by atoms with Gasteiger partial charge in [0.1, 0.15) is 11.4 Å². The number of ketones is 1. The summed E-state index contributed by atoms with van der Waals surface area (Å²) in [4.78, 5) is 40.3. The molecule has 1 amide bonds. The summed E-state index contributed by atoms with van der Waals surface area (Å²) in [5.41, 5.74) is 7.63. The molecule has 2 N–H and O–H groups in total. The lowest BCUT2D eigenvalue weighted by atomic mass is 10.2. The van der Waals surface area contributed by atoms with E-state index in [1.807, 2.05) is 36.4 Å². The number of nitrogens with zero attached hydrogens (tertiary/aromatic N) is 5. The zero-order chi connectivity index (χ0) is 26.2. The van der Waals surface area contributed by atoms with Crippen LogP contribution in [-0.2, 0) is 13.1 Å².